The largest absolute Gasteiger partial charge is 0.317 e. The number of rotatable bonds is 14. The van der Waals surface area contributed by atoms with Crippen molar-refractivity contribution in [2.45, 2.75) is 58.4 Å². The molecule has 18 heavy (non-hydrogen) atoms. The van der Waals surface area contributed by atoms with Crippen LogP contribution in [-0.2, 0) is 4.79 Å². The number of carbonyl (C=O) groups is 1. The molecule has 4 heteroatoms. The van der Waals surface area contributed by atoms with E-state index in [1.165, 1.54) is 25.7 Å². The van der Waals surface area contributed by atoms with E-state index in [0.29, 0.717) is 5.41 Å². The minimum Gasteiger partial charge on any atom is -0.317 e. The monoisotopic (exact) mass is 272 g/mol. The Hall–Kier alpha value is -0.193. The molecule has 0 aliphatic rings. The van der Waals surface area contributed by atoms with Crippen LogP contribution < -0.4 is 10.6 Å². The van der Waals surface area contributed by atoms with Gasteiger partial charge >= 0.3 is 0 Å². The van der Waals surface area contributed by atoms with Crippen molar-refractivity contribution in [2.24, 2.45) is 0 Å². The predicted octanol–water partition coefficient (Wildman–Crippen LogP) is 1.66. The summed E-state index contributed by atoms with van der Waals surface area (Å²) in [4.78, 5) is 11.3. The molecule has 0 fully saturated rings. The van der Waals surface area contributed by atoms with Gasteiger partial charge in [-0.1, -0.05) is 32.7 Å². The highest BCUT2D eigenvalue weighted by atomic mass is 28.2. The smallest absolute Gasteiger partial charge is 0.104 e. The van der Waals surface area contributed by atoms with Crippen LogP contribution in [0, 0.1) is 0 Å². The second-order valence-corrected chi connectivity index (χ2v) is 7.24. The van der Waals surface area contributed by atoms with Crippen molar-refractivity contribution < 1.29 is 4.79 Å². The third-order valence-electron chi connectivity index (χ3n) is 3.00. The highest BCUT2D eigenvalue weighted by molar-refractivity contribution is 6.73. The maximum Gasteiger partial charge on any atom is 0.104 e. The molecule has 0 saturated heterocycles. The molecule has 0 unspecified atom stereocenters. The van der Waals surface area contributed by atoms with Gasteiger partial charge in [0, 0.05) is 6.42 Å². The molecule has 0 aromatic heterocycles. The van der Waals surface area contributed by atoms with Gasteiger partial charge in [-0.3, -0.25) is 0 Å². The average molecular weight is 273 g/mol. The molecule has 0 radical (unpaired) electrons. The lowest BCUT2D eigenvalue weighted by Gasteiger charge is -2.06. The van der Waals surface area contributed by atoms with Crippen LogP contribution in [0.5, 0.6) is 0 Å². The van der Waals surface area contributed by atoms with Crippen molar-refractivity contribution in [3.63, 3.8) is 0 Å². The van der Waals surface area contributed by atoms with E-state index in [0.717, 1.165) is 45.1 Å². The molecule has 0 aromatic rings. The summed E-state index contributed by atoms with van der Waals surface area (Å²) in [6, 6.07) is 1.12. The number of hydrogen-bond donors (Lipinski definition) is 2. The summed E-state index contributed by atoms with van der Waals surface area (Å²) in [5.41, 5.74) is 0. The normalized spacial score (nSPS) is 11.4. The third kappa shape index (κ3) is 13.9. The molecule has 0 spiro atoms. The first-order chi connectivity index (χ1) is 8.81. The van der Waals surface area contributed by atoms with E-state index in [1.54, 1.807) is 0 Å². The molecule has 0 bridgehead atoms. The number of nitrogens with one attached hydrogen (secondary N) is 2. The van der Waals surface area contributed by atoms with Crippen molar-refractivity contribution in [1.82, 2.24) is 10.6 Å². The summed E-state index contributed by atoms with van der Waals surface area (Å²) in [6.07, 6.45) is 6.94. The molecule has 0 aromatic carbocycles. The Morgan fingerprint density at radius 1 is 0.889 bits per heavy atom. The summed E-state index contributed by atoms with van der Waals surface area (Å²) < 4.78 is 0. The first kappa shape index (κ1) is 17.8. The first-order valence-corrected chi connectivity index (χ1v) is 9.45. The van der Waals surface area contributed by atoms with Crippen molar-refractivity contribution in [2.75, 3.05) is 26.2 Å². The van der Waals surface area contributed by atoms with Gasteiger partial charge in [-0.2, -0.15) is 0 Å². The lowest BCUT2D eigenvalue weighted by molar-refractivity contribution is -0.112. The van der Waals surface area contributed by atoms with Gasteiger partial charge in [0.1, 0.15) is 14.9 Å². The number of carbonyl (C=O) groups excluding carboxylic acids is 1. The van der Waals surface area contributed by atoms with E-state index >= 15 is 0 Å². The molecule has 0 heterocycles. The van der Waals surface area contributed by atoms with E-state index in [4.69, 9.17) is 0 Å². The molecule has 0 saturated carbocycles. The van der Waals surface area contributed by atoms with E-state index in [-0.39, 0.29) is 9.52 Å². The van der Waals surface area contributed by atoms with E-state index in [2.05, 4.69) is 24.5 Å². The topological polar surface area (TPSA) is 41.1 Å². The van der Waals surface area contributed by atoms with E-state index in [9.17, 15) is 4.79 Å². The molecule has 0 aliphatic heterocycles. The summed E-state index contributed by atoms with van der Waals surface area (Å²) in [7, 11) is -0.389. The zero-order valence-corrected chi connectivity index (χ0v) is 13.8. The van der Waals surface area contributed by atoms with Gasteiger partial charge < -0.3 is 15.4 Å². The van der Waals surface area contributed by atoms with E-state index in [1.807, 2.05) is 0 Å². The zero-order chi connectivity index (χ0) is 13.5. The van der Waals surface area contributed by atoms with Crippen molar-refractivity contribution in [1.29, 1.82) is 0 Å². The van der Waals surface area contributed by atoms with Gasteiger partial charge in [-0.05, 0) is 45.4 Å². The Bertz CT molecular complexity index is 189. The molecule has 108 valence electrons. The van der Waals surface area contributed by atoms with Gasteiger partial charge in [0.2, 0.25) is 0 Å². The summed E-state index contributed by atoms with van der Waals surface area (Å²) in [5, 5.41) is 7.42. The molecule has 0 aliphatic carbocycles. The minimum atomic E-state index is -0.389. The Morgan fingerprint density at radius 2 is 1.50 bits per heavy atom. The van der Waals surface area contributed by atoms with Crippen LogP contribution in [0.3, 0.4) is 0 Å². The number of unbranched alkanes of at least 4 members (excludes halogenated alkanes) is 2. The molecular formula is C14H32N2OSi. The summed E-state index contributed by atoms with van der Waals surface area (Å²) in [6.45, 7) is 8.69. The van der Waals surface area contributed by atoms with Crippen LogP contribution in [-0.4, -0.2) is 41.1 Å². The highest BCUT2D eigenvalue weighted by Gasteiger charge is 1.99. The fourth-order valence-corrected chi connectivity index (χ4v) is 2.96. The Balaban J connectivity index is 3.01. The van der Waals surface area contributed by atoms with Crippen molar-refractivity contribution >= 4 is 14.9 Å². The second-order valence-electron chi connectivity index (χ2n) is 4.95. The predicted molar refractivity (Wildman–Crippen MR) is 83.1 cm³/mol. The lowest BCUT2D eigenvalue weighted by Crippen LogP contribution is -2.23. The van der Waals surface area contributed by atoms with Crippen molar-refractivity contribution in [3.05, 3.63) is 0 Å². The molecule has 0 amide bonds. The quantitative estimate of drug-likeness (QED) is 0.373. The molecule has 2 N–H and O–H groups in total. The summed E-state index contributed by atoms with van der Waals surface area (Å²) in [5.74, 6) is 0. The second kappa shape index (κ2) is 14.9. The third-order valence-corrected chi connectivity index (χ3v) is 4.41. The molecule has 0 rings (SSSR count). The van der Waals surface area contributed by atoms with Crippen LogP contribution in [0.2, 0.25) is 6.04 Å². The Kier molecular flexibility index (Phi) is 14.7. The maximum absolute atomic E-state index is 11.3. The Labute approximate surface area is 115 Å². The first-order valence-electron chi connectivity index (χ1n) is 7.74. The van der Waals surface area contributed by atoms with Crippen LogP contribution >= 0.6 is 0 Å². The SMILES string of the molecule is CCCCCNCCCNCCCC(=O)[SiH2]CC. The van der Waals surface area contributed by atoms with E-state index < -0.39 is 0 Å². The fourth-order valence-electron chi connectivity index (χ4n) is 1.90. The standard InChI is InChI=1S/C14H32N2OSi/c1-3-5-6-10-15-12-8-13-16-11-7-9-14(17)18-4-2/h15-16H,3-13,18H2,1-2H3. The average Bonchev–Trinajstić information content (AvgIpc) is 2.36. The fraction of sp³-hybridized carbons (Fsp3) is 0.929. The lowest BCUT2D eigenvalue weighted by atomic mass is 10.2. The summed E-state index contributed by atoms with van der Waals surface area (Å²) >= 11 is 0. The Morgan fingerprint density at radius 3 is 2.11 bits per heavy atom. The van der Waals surface area contributed by atoms with Crippen LogP contribution in [0.1, 0.15) is 52.4 Å². The van der Waals surface area contributed by atoms with Crippen LogP contribution in [0.15, 0.2) is 0 Å². The highest BCUT2D eigenvalue weighted by Crippen LogP contribution is 1.92. The van der Waals surface area contributed by atoms with Gasteiger partial charge in [-0.25, -0.2) is 0 Å². The van der Waals surface area contributed by atoms with Gasteiger partial charge in [0.15, 0.2) is 0 Å². The zero-order valence-electron chi connectivity index (χ0n) is 12.4. The van der Waals surface area contributed by atoms with Crippen LogP contribution in [0.4, 0.5) is 0 Å². The van der Waals surface area contributed by atoms with Gasteiger partial charge in [0.25, 0.3) is 0 Å². The minimum absolute atomic E-state index is 0.389. The number of hydrogen-bond acceptors (Lipinski definition) is 3. The molecular weight excluding hydrogens is 240 g/mol. The van der Waals surface area contributed by atoms with Crippen LogP contribution in [0.25, 0.3) is 0 Å². The van der Waals surface area contributed by atoms with Gasteiger partial charge in [0.05, 0.1) is 0 Å². The molecule has 3 nitrogen and oxygen atoms in total. The van der Waals surface area contributed by atoms with Gasteiger partial charge in [-0.15, -0.1) is 0 Å². The maximum atomic E-state index is 11.3. The molecule has 0 atom stereocenters. The van der Waals surface area contributed by atoms with Crippen molar-refractivity contribution in [3.8, 4) is 0 Å².